The standard InChI is InChI=1S/C11H18O6S/c12-11(9-7-8-3-4-10(9)17-8)16-5-1-2-6-18(13,14)15/h8-10H,1-7H2,(H,13,14,15)/p-1. The van der Waals surface area contributed by atoms with Crippen molar-refractivity contribution in [2.24, 2.45) is 5.92 Å². The van der Waals surface area contributed by atoms with Crippen LogP contribution in [0.5, 0.6) is 0 Å². The smallest absolute Gasteiger partial charge is 0.311 e. The van der Waals surface area contributed by atoms with Crippen LogP contribution in [0, 0.1) is 5.92 Å². The molecule has 0 saturated carbocycles. The fraction of sp³-hybridized carbons (Fsp3) is 0.909. The summed E-state index contributed by atoms with van der Waals surface area (Å²) < 4.78 is 41.7. The molecule has 7 heteroatoms. The molecule has 6 nitrogen and oxygen atoms in total. The van der Waals surface area contributed by atoms with Gasteiger partial charge in [0.2, 0.25) is 0 Å². The van der Waals surface area contributed by atoms with Crippen LogP contribution in [0.2, 0.25) is 0 Å². The van der Waals surface area contributed by atoms with E-state index >= 15 is 0 Å². The number of esters is 1. The van der Waals surface area contributed by atoms with Crippen LogP contribution >= 0.6 is 0 Å². The van der Waals surface area contributed by atoms with Crippen LogP contribution in [0.1, 0.15) is 32.1 Å². The monoisotopic (exact) mass is 277 g/mol. The lowest BCUT2D eigenvalue weighted by Crippen LogP contribution is -2.27. The van der Waals surface area contributed by atoms with Gasteiger partial charge in [0, 0.05) is 5.75 Å². The Kier molecular flexibility index (Phi) is 4.24. The largest absolute Gasteiger partial charge is 0.748 e. The number of hydrogen-bond acceptors (Lipinski definition) is 6. The van der Waals surface area contributed by atoms with E-state index in [-0.39, 0.29) is 37.1 Å². The molecule has 18 heavy (non-hydrogen) atoms. The average Bonchev–Trinajstić information content (AvgIpc) is 2.88. The van der Waals surface area contributed by atoms with Crippen molar-refractivity contribution in [3.05, 3.63) is 0 Å². The van der Waals surface area contributed by atoms with Crippen molar-refractivity contribution in [1.82, 2.24) is 0 Å². The molecule has 3 atom stereocenters. The molecule has 2 heterocycles. The molecule has 2 saturated heterocycles. The third kappa shape index (κ3) is 3.66. The highest BCUT2D eigenvalue weighted by Crippen LogP contribution is 2.39. The lowest BCUT2D eigenvalue weighted by Gasteiger charge is -2.17. The van der Waals surface area contributed by atoms with E-state index in [0.717, 1.165) is 19.3 Å². The molecule has 0 radical (unpaired) electrons. The van der Waals surface area contributed by atoms with Gasteiger partial charge in [-0.2, -0.15) is 0 Å². The Labute approximate surface area is 106 Å². The first-order valence-corrected chi connectivity index (χ1v) is 7.79. The predicted molar refractivity (Wildman–Crippen MR) is 60.8 cm³/mol. The third-order valence-electron chi connectivity index (χ3n) is 3.44. The minimum Gasteiger partial charge on any atom is -0.748 e. The summed E-state index contributed by atoms with van der Waals surface area (Å²) in [6.45, 7) is 0.169. The summed E-state index contributed by atoms with van der Waals surface area (Å²) in [6, 6.07) is 0. The lowest BCUT2D eigenvalue weighted by atomic mass is 9.89. The first kappa shape index (κ1) is 13.8. The van der Waals surface area contributed by atoms with E-state index in [1.54, 1.807) is 0 Å². The number of unbranched alkanes of at least 4 members (excludes halogenated alkanes) is 1. The third-order valence-corrected chi connectivity index (χ3v) is 4.23. The maximum absolute atomic E-state index is 11.7. The Morgan fingerprint density at radius 1 is 1.33 bits per heavy atom. The van der Waals surface area contributed by atoms with Crippen LogP contribution < -0.4 is 0 Å². The van der Waals surface area contributed by atoms with Crippen LogP contribution in [-0.4, -0.2) is 43.5 Å². The van der Waals surface area contributed by atoms with Crippen LogP contribution in [0.25, 0.3) is 0 Å². The van der Waals surface area contributed by atoms with E-state index in [9.17, 15) is 17.8 Å². The Morgan fingerprint density at radius 3 is 2.67 bits per heavy atom. The molecule has 0 N–H and O–H groups in total. The molecule has 0 aromatic rings. The van der Waals surface area contributed by atoms with E-state index in [4.69, 9.17) is 9.47 Å². The van der Waals surface area contributed by atoms with Gasteiger partial charge in [-0.05, 0) is 32.1 Å². The highest BCUT2D eigenvalue weighted by molar-refractivity contribution is 7.85. The summed E-state index contributed by atoms with van der Waals surface area (Å²) in [4.78, 5) is 11.7. The topological polar surface area (TPSA) is 92.7 Å². The molecule has 0 spiro atoms. The van der Waals surface area contributed by atoms with Crippen molar-refractivity contribution < 1.29 is 27.2 Å². The Balaban J connectivity index is 1.61. The van der Waals surface area contributed by atoms with Crippen molar-refractivity contribution in [2.45, 2.75) is 44.3 Å². The minimum absolute atomic E-state index is 0.00418. The quantitative estimate of drug-likeness (QED) is 0.397. The summed E-state index contributed by atoms with van der Waals surface area (Å²) in [5.74, 6) is -0.818. The number of carbonyl (C=O) groups excluding carboxylic acids is 1. The number of hydrogen-bond donors (Lipinski definition) is 0. The summed E-state index contributed by atoms with van der Waals surface area (Å²) >= 11 is 0. The molecule has 104 valence electrons. The van der Waals surface area contributed by atoms with Gasteiger partial charge >= 0.3 is 5.97 Å². The van der Waals surface area contributed by atoms with Crippen LogP contribution in [0.4, 0.5) is 0 Å². The van der Waals surface area contributed by atoms with Gasteiger partial charge in [0.15, 0.2) is 0 Å². The molecule has 3 unspecified atom stereocenters. The predicted octanol–water partition coefficient (Wildman–Crippen LogP) is 0.422. The zero-order valence-electron chi connectivity index (χ0n) is 10.0. The molecule has 2 aliphatic rings. The van der Waals surface area contributed by atoms with Gasteiger partial charge in [0.25, 0.3) is 0 Å². The molecule has 2 aliphatic heterocycles. The van der Waals surface area contributed by atoms with E-state index in [1.807, 2.05) is 0 Å². The zero-order valence-corrected chi connectivity index (χ0v) is 10.9. The number of fused-ring (bicyclic) bond motifs is 2. The van der Waals surface area contributed by atoms with Gasteiger partial charge in [-0.15, -0.1) is 0 Å². The summed E-state index contributed by atoms with van der Waals surface area (Å²) in [5.41, 5.74) is 0. The lowest BCUT2D eigenvalue weighted by molar-refractivity contribution is -0.150. The molecule has 0 amide bonds. The van der Waals surface area contributed by atoms with Gasteiger partial charge in [0.05, 0.1) is 34.9 Å². The molecular formula is C11H17O6S-. The Morgan fingerprint density at radius 2 is 2.11 bits per heavy atom. The molecule has 0 aromatic heterocycles. The van der Waals surface area contributed by atoms with Crippen LogP contribution in [0.15, 0.2) is 0 Å². The second-order valence-electron chi connectivity index (χ2n) is 4.85. The highest BCUT2D eigenvalue weighted by Gasteiger charge is 2.45. The molecule has 2 fully saturated rings. The second kappa shape index (κ2) is 5.54. The van der Waals surface area contributed by atoms with Gasteiger partial charge in [-0.25, -0.2) is 8.42 Å². The summed E-state index contributed by atoms with van der Waals surface area (Å²) in [7, 11) is -4.16. The summed E-state index contributed by atoms with van der Waals surface area (Å²) in [6.07, 6.45) is 3.51. The maximum atomic E-state index is 11.7. The summed E-state index contributed by atoms with van der Waals surface area (Å²) in [5, 5.41) is 0. The zero-order chi connectivity index (χ0) is 13.2. The van der Waals surface area contributed by atoms with Gasteiger partial charge in [-0.1, -0.05) is 0 Å². The Bertz CT molecular complexity index is 404. The first-order valence-electron chi connectivity index (χ1n) is 6.21. The van der Waals surface area contributed by atoms with E-state index in [2.05, 4.69) is 0 Å². The van der Waals surface area contributed by atoms with Crippen molar-refractivity contribution in [1.29, 1.82) is 0 Å². The highest BCUT2D eigenvalue weighted by atomic mass is 32.2. The molecule has 2 rings (SSSR count). The van der Waals surface area contributed by atoms with Crippen molar-refractivity contribution >= 4 is 16.1 Å². The Hall–Kier alpha value is -0.660. The maximum Gasteiger partial charge on any atom is 0.311 e. The SMILES string of the molecule is O=C(OCCCCS(=O)(=O)[O-])C1CC2CCC1O2. The number of ether oxygens (including phenoxy) is 2. The van der Waals surface area contributed by atoms with E-state index < -0.39 is 15.9 Å². The van der Waals surface area contributed by atoms with E-state index in [0.29, 0.717) is 6.42 Å². The van der Waals surface area contributed by atoms with Gasteiger partial charge in [-0.3, -0.25) is 4.79 Å². The molecular weight excluding hydrogens is 260 g/mol. The van der Waals surface area contributed by atoms with Gasteiger partial charge < -0.3 is 14.0 Å². The molecule has 0 aliphatic carbocycles. The van der Waals surface area contributed by atoms with Crippen LogP contribution in [0.3, 0.4) is 0 Å². The van der Waals surface area contributed by atoms with Crippen LogP contribution in [-0.2, 0) is 24.4 Å². The van der Waals surface area contributed by atoms with E-state index in [1.165, 1.54) is 0 Å². The number of rotatable bonds is 6. The second-order valence-corrected chi connectivity index (χ2v) is 6.38. The normalized spacial score (nSPS) is 30.6. The fourth-order valence-electron chi connectivity index (χ4n) is 2.55. The van der Waals surface area contributed by atoms with Crippen molar-refractivity contribution in [3.63, 3.8) is 0 Å². The van der Waals surface area contributed by atoms with Gasteiger partial charge in [0.1, 0.15) is 0 Å². The average molecular weight is 277 g/mol. The molecule has 2 bridgehead atoms. The van der Waals surface area contributed by atoms with Crippen molar-refractivity contribution in [2.75, 3.05) is 12.4 Å². The number of carbonyl (C=O) groups is 1. The minimum atomic E-state index is -4.16. The fourth-order valence-corrected chi connectivity index (χ4v) is 3.10. The van der Waals surface area contributed by atoms with Crippen molar-refractivity contribution in [3.8, 4) is 0 Å². The first-order chi connectivity index (χ1) is 8.46. The molecule has 0 aromatic carbocycles.